The number of aryl methyl sites for hydroxylation is 1. The topological polar surface area (TPSA) is 69.6 Å². The summed E-state index contributed by atoms with van der Waals surface area (Å²) in [5.74, 6) is -0.610. The zero-order chi connectivity index (χ0) is 16.6. The van der Waals surface area contributed by atoms with Crippen molar-refractivity contribution in [1.29, 1.82) is 0 Å². The van der Waals surface area contributed by atoms with E-state index in [4.69, 9.17) is 0 Å². The summed E-state index contributed by atoms with van der Waals surface area (Å²) in [6.07, 6.45) is 2.67. The van der Waals surface area contributed by atoms with Crippen LogP contribution in [0.25, 0.3) is 0 Å². The Hall–Kier alpha value is -1.40. The molecular weight excluding hydrogens is 360 g/mol. The molecule has 0 radical (unpaired) electrons. The van der Waals surface area contributed by atoms with Crippen molar-refractivity contribution in [2.24, 2.45) is 11.3 Å². The van der Waals surface area contributed by atoms with Gasteiger partial charge in [0.15, 0.2) is 0 Å². The van der Waals surface area contributed by atoms with Crippen LogP contribution >= 0.6 is 15.9 Å². The average Bonchev–Trinajstić information content (AvgIpc) is 3.00. The molecule has 6 heteroatoms. The Morgan fingerprint density at radius 1 is 1.48 bits per heavy atom. The largest absolute Gasteiger partial charge is 0.481 e. The molecular formula is C17H21BrN2O3. The highest BCUT2D eigenvalue weighted by Crippen LogP contribution is 2.48. The number of carboxylic acids is 1. The summed E-state index contributed by atoms with van der Waals surface area (Å²) >= 11 is 3.44. The van der Waals surface area contributed by atoms with Gasteiger partial charge < -0.3 is 10.4 Å². The standard InChI is InChI=1S/C17H21BrN2O3/c1-11-7-13(4-5-14(11)18)19-15(21)9-20-8-12-3-2-6-17(12,10-20)16(22)23/h4-5,7,12H,2-3,6,8-10H2,1H3,(H,19,21)(H,22,23)/t12-,17+/m0/s1. The summed E-state index contributed by atoms with van der Waals surface area (Å²) in [5.41, 5.74) is 1.19. The molecule has 1 amide bonds. The Morgan fingerprint density at radius 3 is 2.91 bits per heavy atom. The number of carbonyl (C=O) groups excluding carboxylic acids is 1. The van der Waals surface area contributed by atoms with Crippen molar-refractivity contribution in [3.63, 3.8) is 0 Å². The molecule has 1 saturated carbocycles. The molecule has 5 nitrogen and oxygen atoms in total. The summed E-state index contributed by atoms with van der Waals surface area (Å²) in [6, 6.07) is 5.68. The molecule has 2 atom stereocenters. The predicted octanol–water partition coefficient (Wildman–Crippen LogP) is 2.88. The Balaban J connectivity index is 1.61. The van der Waals surface area contributed by atoms with E-state index >= 15 is 0 Å². The quantitative estimate of drug-likeness (QED) is 0.842. The molecule has 1 aliphatic heterocycles. The number of nitrogens with one attached hydrogen (secondary N) is 1. The van der Waals surface area contributed by atoms with Crippen LogP contribution in [0.4, 0.5) is 5.69 Å². The minimum absolute atomic E-state index is 0.0905. The molecule has 2 aliphatic rings. The summed E-state index contributed by atoms with van der Waals surface area (Å²) in [4.78, 5) is 25.9. The maximum Gasteiger partial charge on any atom is 0.311 e. The number of hydrogen-bond donors (Lipinski definition) is 2. The van der Waals surface area contributed by atoms with Gasteiger partial charge >= 0.3 is 5.97 Å². The molecule has 1 aromatic rings. The molecule has 1 saturated heterocycles. The number of halogens is 1. The summed E-state index contributed by atoms with van der Waals surface area (Å²) in [5, 5.41) is 12.5. The van der Waals surface area contributed by atoms with E-state index in [1.165, 1.54) is 0 Å². The minimum Gasteiger partial charge on any atom is -0.481 e. The van der Waals surface area contributed by atoms with E-state index in [-0.39, 0.29) is 18.4 Å². The van der Waals surface area contributed by atoms with Crippen LogP contribution in [0.2, 0.25) is 0 Å². The molecule has 0 aromatic heterocycles. The second-order valence-corrected chi connectivity index (χ2v) is 7.59. The first-order chi connectivity index (χ1) is 10.9. The summed E-state index contributed by atoms with van der Waals surface area (Å²) in [7, 11) is 0. The molecule has 2 N–H and O–H groups in total. The predicted molar refractivity (Wildman–Crippen MR) is 91.4 cm³/mol. The van der Waals surface area contributed by atoms with Gasteiger partial charge in [0, 0.05) is 23.2 Å². The first-order valence-corrected chi connectivity index (χ1v) is 8.72. The van der Waals surface area contributed by atoms with Gasteiger partial charge in [0.1, 0.15) is 0 Å². The van der Waals surface area contributed by atoms with Gasteiger partial charge in [0.25, 0.3) is 0 Å². The SMILES string of the molecule is Cc1cc(NC(=O)CN2C[C@@H]3CCC[C@@]3(C(=O)O)C2)ccc1Br. The number of fused-ring (bicyclic) bond motifs is 1. The van der Waals surface area contributed by atoms with Crippen molar-refractivity contribution >= 4 is 33.5 Å². The third-order valence-electron chi connectivity index (χ3n) is 5.18. The van der Waals surface area contributed by atoms with Crippen LogP contribution in [0.15, 0.2) is 22.7 Å². The molecule has 124 valence electrons. The minimum atomic E-state index is -0.702. The highest BCUT2D eigenvalue weighted by molar-refractivity contribution is 9.10. The molecule has 1 aromatic carbocycles. The molecule has 23 heavy (non-hydrogen) atoms. The van der Waals surface area contributed by atoms with E-state index in [1.807, 2.05) is 30.0 Å². The number of rotatable bonds is 4. The van der Waals surface area contributed by atoms with Gasteiger partial charge in [-0.1, -0.05) is 22.4 Å². The Bertz CT molecular complexity index is 649. The lowest BCUT2D eigenvalue weighted by Gasteiger charge is -2.23. The highest BCUT2D eigenvalue weighted by atomic mass is 79.9. The van der Waals surface area contributed by atoms with Crippen LogP contribution in [-0.4, -0.2) is 41.5 Å². The number of nitrogens with zero attached hydrogens (tertiary/aromatic N) is 1. The van der Waals surface area contributed by atoms with Crippen LogP contribution in [0.3, 0.4) is 0 Å². The number of benzene rings is 1. The molecule has 0 spiro atoms. The van der Waals surface area contributed by atoms with Crippen LogP contribution < -0.4 is 5.32 Å². The van der Waals surface area contributed by atoms with Gasteiger partial charge in [-0.3, -0.25) is 14.5 Å². The van der Waals surface area contributed by atoms with Crippen molar-refractivity contribution in [3.05, 3.63) is 28.2 Å². The first kappa shape index (κ1) is 16.5. The van der Waals surface area contributed by atoms with Gasteiger partial charge in [-0.05, 0) is 49.4 Å². The Labute approximate surface area is 144 Å². The normalized spacial score (nSPS) is 27.0. The lowest BCUT2D eigenvalue weighted by atomic mass is 9.81. The molecule has 1 aliphatic carbocycles. The lowest BCUT2D eigenvalue weighted by molar-refractivity contribution is -0.149. The second kappa shape index (κ2) is 6.24. The number of carboxylic acid groups (broad SMARTS) is 1. The van der Waals surface area contributed by atoms with Crippen LogP contribution in [0.1, 0.15) is 24.8 Å². The number of hydrogen-bond acceptors (Lipinski definition) is 3. The van der Waals surface area contributed by atoms with Crippen molar-refractivity contribution < 1.29 is 14.7 Å². The first-order valence-electron chi connectivity index (χ1n) is 7.92. The van der Waals surface area contributed by atoms with Crippen molar-refractivity contribution in [2.75, 3.05) is 25.0 Å². The maximum atomic E-state index is 12.2. The molecule has 1 heterocycles. The number of aliphatic carboxylic acids is 1. The van der Waals surface area contributed by atoms with Crippen LogP contribution in [0, 0.1) is 18.3 Å². The fraction of sp³-hybridized carbons (Fsp3) is 0.529. The fourth-order valence-electron chi connectivity index (χ4n) is 3.99. The Kier molecular flexibility index (Phi) is 4.47. The van der Waals surface area contributed by atoms with Crippen molar-refractivity contribution in [2.45, 2.75) is 26.2 Å². The molecule has 3 rings (SSSR count). The van der Waals surface area contributed by atoms with E-state index in [1.54, 1.807) is 0 Å². The van der Waals surface area contributed by atoms with E-state index in [0.29, 0.717) is 13.1 Å². The van der Waals surface area contributed by atoms with E-state index < -0.39 is 11.4 Å². The Morgan fingerprint density at radius 2 is 2.26 bits per heavy atom. The maximum absolute atomic E-state index is 12.2. The van der Waals surface area contributed by atoms with Gasteiger partial charge in [0.05, 0.1) is 12.0 Å². The van der Waals surface area contributed by atoms with Crippen LogP contribution in [-0.2, 0) is 9.59 Å². The van der Waals surface area contributed by atoms with Gasteiger partial charge in [-0.15, -0.1) is 0 Å². The number of carbonyl (C=O) groups is 2. The fourth-order valence-corrected chi connectivity index (χ4v) is 4.24. The van der Waals surface area contributed by atoms with E-state index in [9.17, 15) is 14.7 Å². The van der Waals surface area contributed by atoms with Crippen LogP contribution in [0.5, 0.6) is 0 Å². The van der Waals surface area contributed by atoms with Gasteiger partial charge in [0.2, 0.25) is 5.91 Å². The summed E-state index contributed by atoms with van der Waals surface area (Å²) in [6.45, 7) is 3.41. The monoisotopic (exact) mass is 380 g/mol. The zero-order valence-corrected chi connectivity index (χ0v) is 14.7. The van der Waals surface area contributed by atoms with Crippen molar-refractivity contribution in [3.8, 4) is 0 Å². The number of amides is 1. The van der Waals surface area contributed by atoms with Gasteiger partial charge in [-0.2, -0.15) is 0 Å². The number of anilines is 1. The average molecular weight is 381 g/mol. The van der Waals surface area contributed by atoms with Crippen molar-refractivity contribution in [1.82, 2.24) is 4.90 Å². The smallest absolute Gasteiger partial charge is 0.311 e. The van der Waals surface area contributed by atoms with E-state index in [2.05, 4.69) is 21.2 Å². The van der Waals surface area contributed by atoms with Gasteiger partial charge in [-0.25, -0.2) is 0 Å². The third-order valence-corrected chi connectivity index (χ3v) is 6.07. The zero-order valence-electron chi connectivity index (χ0n) is 13.1. The molecule has 2 fully saturated rings. The summed E-state index contributed by atoms with van der Waals surface area (Å²) < 4.78 is 1.01. The highest BCUT2D eigenvalue weighted by Gasteiger charge is 2.54. The van der Waals surface area contributed by atoms with E-state index in [0.717, 1.165) is 35.0 Å². The second-order valence-electron chi connectivity index (χ2n) is 6.73. The third kappa shape index (κ3) is 3.15. The lowest BCUT2D eigenvalue weighted by Crippen LogP contribution is -2.37. The number of likely N-dealkylation sites (tertiary alicyclic amines) is 1. The molecule has 0 bridgehead atoms. The molecule has 0 unspecified atom stereocenters.